The van der Waals surface area contributed by atoms with Crippen molar-refractivity contribution in [1.82, 2.24) is 0 Å². The van der Waals surface area contributed by atoms with Crippen LogP contribution in [0.3, 0.4) is 0 Å². The maximum Gasteiger partial charge on any atom is 0.368 e. The summed E-state index contributed by atoms with van der Waals surface area (Å²) in [5, 5.41) is 10.0. The average Bonchev–Trinajstić information content (AvgIpc) is 2.33. The van der Waals surface area contributed by atoms with Gasteiger partial charge in [0.05, 0.1) is 5.56 Å². The third-order valence-electron chi connectivity index (χ3n) is 2.70. The smallest absolute Gasteiger partial charge is 0.368 e. The van der Waals surface area contributed by atoms with Gasteiger partial charge in [-0.05, 0) is 12.5 Å². The molecule has 2 rings (SSSR count). The molecular formula is C14H16NO+. The van der Waals surface area contributed by atoms with Gasteiger partial charge in [0.1, 0.15) is 0 Å². The number of aromatic hydroxyl groups is 1. The molecule has 0 amide bonds. The van der Waals surface area contributed by atoms with Gasteiger partial charge in [-0.25, -0.2) is 0 Å². The highest BCUT2D eigenvalue weighted by Crippen LogP contribution is 2.11. The summed E-state index contributed by atoms with van der Waals surface area (Å²) < 4.78 is 1.87. The highest BCUT2D eigenvalue weighted by molar-refractivity contribution is 5.20. The van der Waals surface area contributed by atoms with Crippen molar-refractivity contribution in [1.29, 1.82) is 0 Å². The van der Waals surface area contributed by atoms with E-state index in [0.29, 0.717) is 12.4 Å². The monoisotopic (exact) mass is 214 g/mol. The maximum atomic E-state index is 10.0. The van der Waals surface area contributed by atoms with Crippen LogP contribution in [0, 0.1) is 0 Å². The topological polar surface area (TPSA) is 24.1 Å². The molecule has 0 aliphatic rings. The Bertz CT molecular complexity index is 465. The summed E-state index contributed by atoms with van der Waals surface area (Å²) in [5.74, 6) is 0.369. The average molecular weight is 214 g/mol. The van der Waals surface area contributed by atoms with Gasteiger partial charge in [0.25, 0.3) is 0 Å². The SMILES string of the molecule is CCc1ccc[n+](Cc2ccccc2)c1O. The van der Waals surface area contributed by atoms with E-state index >= 15 is 0 Å². The molecule has 0 fully saturated rings. The first-order valence-electron chi connectivity index (χ1n) is 5.55. The van der Waals surface area contributed by atoms with Crippen LogP contribution in [0.5, 0.6) is 5.88 Å². The molecule has 0 unspecified atom stereocenters. The van der Waals surface area contributed by atoms with E-state index in [-0.39, 0.29) is 0 Å². The molecule has 1 aromatic heterocycles. The van der Waals surface area contributed by atoms with Crippen molar-refractivity contribution in [3.05, 3.63) is 59.8 Å². The minimum Gasteiger partial charge on any atom is -0.460 e. The van der Waals surface area contributed by atoms with Crippen molar-refractivity contribution >= 4 is 0 Å². The molecule has 0 saturated heterocycles. The van der Waals surface area contributed by atoms with Crippen molar-refractivity contribution < 1.29 is 9.67 Å². The van der Waals surface area contributed by atoms with Crippen LogP contribution >= 0.6 is 0 Å². The third-order valence-corrected chi connectivity index (χ3v) is 2.70. The second kappa shape index (κ2) is 4.79. The van der Waals surface area contributed by atoms with Gasteiger partial charge in [-0.3, -0.25) is 0 Å². The highest BCUT2D eigenvalue weighted by atomic mass is 16.3. The highest BCUT2D eigenvalue weighted by Gasteiger charge is 2.13. The summed E-state index contributed by atoms with van der Waals surface area (Å²) >= 11 is 0. The lowest BCUT2D eigenvalue weighted by Gasteiger charge is -2.02. The van der Waals surface area contributed by atoms with E-state index in [2.05, 4.69) is 12.1 Å². The van der Waals surface area contributed by atoms with Crippen LogP contribution in [0.2, 0.25) is 0 Å². The lowest BCUT2D eigenvalue weighted by molar-refractivity contribution is -0.694. The molecule has 0 atom stereocenters. The summed E-state index contributed by atoms with van der Waals surface area (Å²) in [5.41, 5.74) is 2.18. The number of rotatable bonds is 3. The van der Waals surface area contributed by atoms with Gasteiger partial charge < -0.3 is 5.11 Å². The van der Waals surface area contributed by atoms with Crippen LogP contribution in [0.4, 0.5) is 0 Å². The normalized spacial score (nSPS) is 10.3. The van der Waals surface area contributed by atoms with Gasteiger partial charge in [0.15, 0.2) is 12.7 Å². The van der Waals surface area contributed by atoms with Crippen molar-refractivity contribution in [2.75, 3.05) is 0 Å². The van der Waals surface area contributed by atoms with Crippen molar-refractivity contribution in [3.8, 4) is 5.88 Å². The molecule has 0 spiro atoms. The predicted molar refractivity (Wildman–Crippen MR) is 63.2 cm³/mol. The molecule has 82 valence electrons. The van der Waals surface area contributed by atoms with E-state index in [1.165, 1.54) is 5.56 Å². The number of hydrogen-bond donors (Lipinski definition) is 1. The zero-order chi connectivity index (χ0) is 11.4. The fourth-order valence-corrected chi connectivity index (χ4v) is 1.78. The Labute approximate surface area is 95.8 Å². The molecule has 1 N–H and O–H groups in total. The number of nitrogens with zero attached hydrogens (tertiary/aromatic N) is 1. The standard InChI is InChI=1S/C14H15NO/c1-2-13-9-6-10-15(14(13)16)11-12-7-4-3-5-8-12/h3-10H,2,11H2,1H3/p+1. The summed E-state index contributed by atoms with van der Waals surface area (Å²) in [7, 11) is 0. The van der Waals surface area contributed by atoms with Crippen LogP contribution in [0.15, 0.2) is 48.7 Å². The largest absolute Gasteiger partial charge is 0.460 e. The molecule has 0 bridgehead atoms. The van der Waals surface area contributed by atoms with Gasteiger partial charge in [0.2, 0.25) is 0 Å². The Morgan fingerprint density at radius 2 is 1.81 bits per heavy atom. The quantitative estimate of drug-likeness (QED) is 0.779. The lowest BCUT2D eigenvalue weighted by Crippen LogP contribution is -2.34. The zero-order valence-electron chi connectivity index (χ0n) is 9.43. The fourth-order valence-electron chi connectivity index (χ4n) is 1.78. The van der Waals surface area contributed by atoms with Gasteiger partial charge in [-0.15, -0.1) is 0 Å². The Balaban J connectivity index is 2.28. The predicted octanol–water partition coefficient (Wildman–Crippen LogP) is 2.29. The Hall–Kier alpha value is -1.83. The first-order chi connectivity index (χ1) is 7.81. The van der Waals surface area contributed by atoms with Crippen LogP contribution in [0.1, 0.15) is 18.1 Å². The van der Waals surface area contributed by atoms with E-state index < -0.39 is 0 Å². The molecule has 0 aliphatic heterocycles. The summed E-state index contributed by atoms with van der Waals surface area (Å²) in [6.07, 6.45) is 2.75. The minimum absolute atomic E-state index is 0.369. The molecule has 0 radical (unpaired) electrons. The Morgan fingerprint density at radius 3 is 2.50 bits per heavy atom. The van der Waals surface area contributed by atoms with E-state index in [4.69, 9.17) is 0 Å². The molecule has 16 heavy (non-hydrogen) atoms. The van der Waals surface area contributed by atoms with Gasteiger partial charge >= 0.3 is 5.88 Å². The lowest BCUT2D eigenvalue weighted by atomic mass is 10.2. The fraction of sp³-hybridized carbons (Fsp3) is 0.214. The molecule has 1 heterocycles. The first kappa shape index (κ1) is 10.7. The van der Waals surface area contributed by atoms with Crippen molar-refractivity contribution in [2.45, 2.75) is 19.9 Å². The number of benzene rings is 1. The number of aromatic nitrogens is 1. The first-order valence-corrected chi connectivity index (χ1v) is 5.55. The van der Waals surface area contributed by atoms with E-state index in [0.717, 1.165) is 12.0 Å². The van der Waals surface area contributed by atoms with Crippen LogP contribution in [-0.2, 0) is 13.0 Å². The maximum absolute atomic E-state index is 10.0. The van der Waals surface area contributed by atoms with Crippen molar-refractivity contribution in [3.63, 3.8) is 0 Å². The molecule has 2 nitrogen and oxygen atoms in total. The zero-order valence-corrected chi connectivity index (χ0v) is 9.43. The summed E-state index contributed by atoms with van der Waals surface area (Å²) in [6, 6.07) is 14.1. The Morgan fingerprint density at radius 1 is 1.06 bits per heavy atom. The van der Waals surface area contributed by atoms with Gasteiger partial charge in [-0.1, -0.05) is 37.3 Å². The molecule has 0 saturated carbocycles. The van der Waals surface area contributed by atoms with Gasteiger partial charge in [0, 0.05) is 11.6 Å². The molecule has 2 aromatic rings. The molecular weight excluding hydrogens is 198 g/mol. The minimum atomic E-state index is 0.369. The van der Waals surface area contributed by atoms with E-state index in [9.17, 15) is 5.11 Å². The van der Waals surface area contributed by atoms with Crippen LogP contribution < -0.4 is 4.57 Å². The molecule has 1 aromatic carbocycles. The second-order valence-corrected chi connectivity index (χ2v) is 3.82. The third kappa shape index (κ3) is 2.22. The van der Waals surface area contributed by atoms with Crippen LogP contribution in [0.25, 0.3) is 0 Å². The summed E-state index contributed by atoms with van der Waals surface area (Å²) in [4.78, 5) is 0. The Kier molecular flexibility index (Phi) is 3.20. The van der Waals surface area contributed by atoms with Crippen molar-refractivity contribution in [2.24, 2.45) is 0 Å². The second-order valence-electron chi connectivity index (χ2n) is 3.82. The number of hydrogen-bond acceptors (Lipinski definition) is 1. The van der Waals surface area contributed by atoms with Crippen LogP contribution in [-0.4, -0.2) is 5.11 Å². The van der Waals surface area contributed by atoms with Gasteiger partial charge in [-0.2, -0.15) is 4.57 Å². The van der Waals surface area contributed by atoms with E-state index in [1.807, 2.05) is 48.0 Å². The van der Waals surface area contributed by atoms with E-state index in [1.54, 1.807) is 0 Å². The molecule has 0 aliphatic carbocycles. The molecule has 2 heteroatoms. The number of aryl methyl sites for hydroxylation is 1. The summed E-state index contributed by atoms with van der Waals surface area (Å²) in [6.45, 7) is 2.75. The number of pyridine rings is 1.